The fourth-order valence-corrected chi connectivity index (χ4v) is 3.38. The molecule has 0 aromatic heterocycles. The zero-order valence-electron chi connectivity index (χ0n) is 17.0. The Labute approximate surface area is 178 Å². The molecule has 10 heteroatoms. The molecule has 2 aromatic carbocycles. The van der Waals surface area contributed by atoms with Gasteiger partial charge in [0.2, 0.25) is 0 Å². The van der Waals surface area contributed by atoms with Crippen LogP contribution in [0.25, 0.3) is 0 Å². The lowest BCUT2D eigenvalue weighted by Crippen LogP contribution is -2.45. The van der Waals surface area contributed by atoms with E-state index < -0.39 is 16.7 Å². The number of nitro benzene ring substituents is 1. The van der Waals surface area contributed by atoms with E-state index in [1.165, 1.54) is 24.3 Å². The van der Waals surface area contributed by atoms with Gasteiger partial charge >= 0.3 is 11.8 Å². The van der Waals surface area contributed by atoms with Crippen LogP contribution in [0, 0.1) is 22.9 Å². The summed E-state index contributed by atoms with van der Waals surface area (Å²) in [5.41, 5.74) is 1.10. The maximum Gasteiger partial charge on any atom is 0.313 e. The van der Waals surface area contributed by atoms with Crippen molar-refractivity contribution in [3.05, 3.63) is 69.5 Å². The molecule has 1 saturated heterocycles. The van der Waals surface area contributed by atoms with Gasteiger partial charge in [0.15, 0.2) is 0 Å². The van der Waals surface area contributed by atoms with Crippen molar-refractivity contribution in [2.45, 2.75) is 13.0 Å². The molecule has 2 N–H and O–H groups in total. The molecular formula is C21H23FN4O5. The molecule has 0 bridgehead atoms. The second-order valence-electron chi connectivity index (χ2n) is 7.16. The van der Waals surface area contributed by atoms with Crippen LogP contribution in [-0.2, 0) is 14.3 Å². The largest absolute Gasteiger partial charge is 0.379 e. The minimum absolute atomic E-state index is 0.0565. The summed E-state index contributed by atoms with van der Waals surface area (Å²) in [7, 11) is 0. The second-order valence-corrected chi connectivity index (χ2v) is 7.16. The van der Waals surface area contributed by atoms with Gasteiger partial charge in [-0.15, -0.1) is 0 Å². The van der Waals surface area contributed by atoms with Crippen molar-refractivity contribution in [1.82, 2.24) is 10.2 Å². The quantitative estimate of drug-likeness (QED) is 0.413. The molecule has 2 aromatic rings. The number of nitrogens with one attached hydrogen (secondary N) is 2. The Hall–Kier alpha value is -3.37. The highest BCUT2D eigenvalue weighted by atomic mass is 19.1. The van der Waals surface area contributed by atoms with Gasteiger partial charge in [-0.05, 0) is 36.2 Å². The van der Waals surface area contributed by atoms with Crippen molar-refractivity contribution >= 4 is 23.2 Å². The third-order valence-electron chi connectivity index (χ3n) is 5.00. The molecule has 1 aliphatic heterocycles. The van der Waals surface area contributed by atoms with E-state index >= 15 is 0 Å². The molecule has 1 heterocycles. The van der Waals surface area contributed by atoms with Gasteiger partial charge in [-0.1, -0.05) is 18.2 Å². The molecule has 0 saturated carbocycles. The van der Waals surface area contributed by atoms with Crippen molar-refractivity contribution in [3.8, 4) is 0 Å². The van der Waals surface area contributed by atoms with Crippen LogP contribution in [0.2, 0.25) is 0 Å². The second kappa shape index (κ2) is 10.1. The van der Waals surface area contributed by atoms with Gasteiger partial charge in [0.25, 0.3) is 5.69 Å². The maximum atomic E-state index is 13.3. The molecule has 1 fully saturated rings. The van der Waals surface area contributed by atoms with Crippen LogP contribution in [0.1, 0.15) is 17.2 Å². The van der Waals surface area contributed by atoms with E-state index in [0.29, 0.717) is 31.9 Å². The summed E-state index contributed by atoms with van der Waals surface area (Å²) in [6.07, 6.45) is 0. The van der Waals surface area contributed by atoms with Gasteiger partial charge < -0.3 is 15.4 Å². The highest BCUT2D eigenvalue weighted by Gasteiger charge is 2.25. The van der Waals surface area contributed by atoms with Crippen molar-refractivity contribution in [1.29, 1.82) is 0 Å². The molecule has 0 spiro atoms. The van der Waals surface area contributed by atoms with Gasteiger partial charge in [0.05, 0.1) is 24.2 Å². The van der Waals surface area contributed by atoms with E-state index in [4.69, 9.17) is 4.74 Å². The summed E-state index contributed by atoms with van der Waals surface area (Å²) in [4.78, 5) is 37.4. The smallest absolute Gasteiger partial charge is 0.313 e. The number of benzene rings is 2. The van der Waals surface area contributed by atoms with Crippen LogP contribution in [-0.4, -0.2) is 54.5 Å². The summed E-state index contributed by atoms with van der Waals surface area (Å²) < 4.78 is 18.7. The van der Waals surface area contributed by atoms with Gasteiger partial charge in [-0.25, -0.2) is 4.39 Å². The number of nitrogens with zero attached hydrogens (tertiary/aromatic N) is 2. The number of rotatable bonds is 6. The SMILES string of the molecule is Cc1ccc(NC(=O)C(=O)NC[C@H](c2ccc(F)cc2)N2CCOCC2)c([N+](=O)[O-])c1. The number of hydrogen-bond acceptors (Lipinski definition) is 6. The number of ether oxygens (including phenoxy) is 1. The Morgan fingerprint density at radius 1 is 1.16 bits per heavy atom. The number of anilines is 1. The Kier molecular flexibility index (Phi) is 7.27. The Bertz CT molecular complexity index is 961. The zero-order valence-corrected chi connectivity index (χ0v) is 17.0. The van der Waals surface area contributed by atoms with Crippen LogP contribution in [0.5, 0.6) is 0 Å². The number of halogens is 1. The van der Waals surface area contributed by atoms with Gasteiger partial charge in [-0.3, -0.25) is 24.6 Å². The van der Waals surface area contributed by atoms with E-state index in [-0.39, 0.29) is 29.8 Å². The first-order valence-corrected chi connectivity index (χ1v) is 9.76. The summed E-state index contributed by atoms with van der Waals surface area (Å²) >= 11 is 0. The summed E-state index contributed by atoms with van der Waals surface area (Å²) in [6, 6.07) is 9.97. The Morgan fingerprint density at radius 2 is 1.84 bits per heavy atom. The predicted molar refractivity (Wildman–Crippen MR) is 111 cm³/mol. The third-order valence-corrected chi connectivity index (χ3v) is 5.00. The fourth-order valence-electron chi connectivity index (χ4n) is 3.38. The molecular weight excluding hydrogens is 407 g/mol. The summed E-state index contributed by atoms with van der Waals surface area (Å²) in [5, 5.41) is 16.1. The fraction of sp³-hybridized carbons (Fsp3) is 0.333. The topological polar surface area (TPSA) is 114 Å². The average molecular weight is 430 g/mol. The van der Waals surface area contributed by atoms with Crippen LogP contribution >= 0.6 is 0 Å². The first kappa shape index (κ1) is 22.3. The number of nitro groups is 1. The minimum atomic E-state index is -1.01. The van der Waals surface area contributed by atoms with E-state index in [1.54, 1.807) is 25.1 Å². The van der Waals surface area contributed by atoms with Crippen LogP contribution in [0.4, 0.5) is 15.8 Å². The van der Waals surface area contributed by atoms with Gasteiger partial charge in [0, 0.05) is 25.7 Å². The minimum Gasteiger partial charge on any atom is -0.379 e. The molecule has 9 nitrogen and oxygen atoms in total. The lowest BCUT2D eigenvalue weighted by molar-refractivity contribution is -0.384. The van der Waals surface area contributed by atoms with Crippen molar-refractivity contribution < 1.29 is 23.6 Å². The maximum absolute atomic E-state index is 13.3. The molecule has 0 aliphatic carbocycles. The van der Waals surface area contributed by atoms with E-state index in [9.17, 15) is 24.1 Å². The summed E-state index contributed by atoms with van der Waals surface area (Å²) in [6.45, 7) is 4.10. The molecule has 1 aliphatic rings. The first-order valence-electron chi connectivity index (χ1n) is 9.76. The Balaban J connectivity index is 1.68. The molecule has 1 atom stereocenters. The molecule has 0 unspecified atom stereocenters. The monoisotopic (exact) mass is 430 g/mol. The number of hydrogen-bond donors (Lipinski definition) is 2. The molecule has 164 valence electrons. The van der Waals surface area contributed by atoms with Crippen molar-refractivity contribution in [2.75, 3.05) is 38.2 Å². The lowest BCUT2D eigenvalue weighted by atomic mass is 10.0. The highest BCUT2D eigenvalue weighted by molar-refractivity contribution is 6.39. The third kappa shape index (κ3) is 5.83. The molecule has 3 rings (SSSR count). The number of amides is 2. The van der Waals surface area contributed by atoms with Crippen LogP contribution in [0.3, 0.4) is 0 Å². The van der Waals surface area contributed by atoms with E-state index in [1.807, 2.05) is 0 Å². The van der Waals surface area contributed by atoms with E-state index in [2.05, 4.69) is 15.5 Å². The predicted octanol–water partition coefficient (Wildman–Crippen LogP) is 2.17. The first-order chi connectivity index (χ1) is 14.8. The molecule has 2 amide bonds. The lowest BCUT2D eigenvalue weighted by Gasteiger charge is -2.34. The Morgan fingerprint density at radius 3 is 2.48 bits per heavy atom. The zero-order chi connectivity index (χ0) is 22.4. The standard InChI is InChI=1S/C21H23FN4O5/c1-14-2-7-17(18(12-14)26(29)30)24-21(28)20(27)23-13-19(25-8-10-31-11-9-25)15-3-5-16(22)6-4-15/h2-7,12,19H,8-11,13H2,1H3,(H,23,27)(H,24,28)/t19-/m1/s1. The van der Waals surface area contributed by atoms with Crippen molar-refractivity contribution in [3.63, 3.8) is 0 Å². The van der Waals surface area contributed by atoms with Crippen LogP contribution < -0.4 is 10.6 Å². The van der Waals surface area contributed by atoms with Gasteiger partial charge in [0.1, 0.15) is 11.5 Å². The normalized spacial score (nSPS) is 15.2. The highest BCUT2D eigenvalue weighted by Crippen LogP contribution is 2.25. The molecule has 0 radical (unpaired) electrons. The number of aryl methyl sites for hydroxylation is 1. The average Bonchev–Trinajstić information content (AvgIpc) is 2.76. The molecule has 31 heavy (non-hydrogen) atoms. The number of carbonyl (C=O) groups is 2. The van der Waals surface area contributed by atoms with Crippen molar-refractivity contribution in [2.24, 2.45) is 0 Å². The number of carbonyl (C=O) groups excluding carboxylic acids is 2. The van der Waals surface area contributed by atoms with Crippen LogP contribution in [0.15, 0.2) is 42.5 Å². The van der Waals surface area contributed by atoms with Gasteiger partial charge in [-0.2, -0.15) is 0 Å². The van der Waals surface area contributed by atoms with E-state index in [0.717, 1.165) is 5.56 Å². The number of morpholine rings is 1. The summed E-state index contributed by atoms with van der Waals surface area (Å²) in [5.74, 6) is -2.30.